The van der Waals surface area contributed by atoms with Gasteiger partial charge in [0.25, 0.3) is 5.91 Å². The summed E-state index contributed by atoms with van der Waals surface area (Å²) in [6, 6.07) is 8.38. The van der Waals surface area contributed by atoms with E-state index in [9.17, 15) is 34.3 Å². The Morgan fingerprint density at radius 2 is 1.54 bits per heavy atom. The van der Waals surface area contributed by atoms with Crippen LogP contribution in [0, 0.1) is 17.3 Å². The fourth-order valence-corrected chi connectivity index (χ4v) is 10.7. The van der Waals surface area contributed by atoms with Gasteiger partial charge in [0, 0.05) is 18.3 Å². The first kappa shape index (κ1) is 43.4. The number of primary amides is 1. The number of nitrogen functional groups attached to an aromatic ring is 1. The van der Waals surface area contributed by atoms with Crippen molar-refractivity contribution in [3.8, 4) is 17.2 Å². The topological polar surface area (TPSA) is 227 Å². The molecule has 2 aromatic rings. The predicted octanol–water partition coefficient (Wildman–Crippen LogP) is 6.85. The Balaban J connectivity index is 1.12. The number of carbonyl (C=O) groups is 3. The van der Waals surface area contributed by atoms with Crippen LogP contribution >= 0.6 is 7.82 Å². The highest BCUT2D eigenvalue weighted by Gasteiger charge is 2.56. The highest BCUT2D eigenvalue weighted by atomic mass is 31.2. The van der Waals surface area contributed by atoms with E-state index in [-0.39, 0.29) is 48.6 Å². The van der Waals surface area contributed by atoms with E-state index in [0.717, 1.165) is 38.5 Å². The summed E-state index contributed by atoms with van der Waals surface area (Å²) in [4.78, 5) is 37.2. The second-order valence-corrected chi connectivity index (χ2v) is 19.2. The Hall–Kier alpha value is -3.68. The molecule has 0 aromatic heterocycles. The van der Waals surface area contributed by atoms with Crippen LogP contribution in [0.4, 0.5) is 5.69 Å². The Bertz CT molecular complexity index is 1820. The van der Waals surface area contributed by atoms with Gasteiger partial charge in [0.05, 0.1) is 29.1 Å². The average molecular weight is 803 g/mol. The highest BCUT2D eigenvalue weighted by molar-refractivity contribution is 7.49. The van der Waals surface area contributed by atoms with Crippen molar-refractivity contribution in [3.05, 3.63) is 47.0 Å². The monoisotopic (exact) mass is 802 g/mol. The zero-order valence-corrected chi connectivity index (χ0v) is 34.4. The molecule has 1 amide bonds. The van der Waals surface area contributed by atoms with E-state index in [1.807, 2.05) is 12.1 Å². The molecular weight excluding hydrogens is 743 g/mol. The zero-order valence-electron chi connectivity index (χ0n) is 33.5. The first-order valence-corrected chi connectivity index (χ1v) is 21.0. The molecule has 0 aliphatic heterocycles. The molecule has 310 valence electrons. The summed E-state index contributed by atoms with van der Waals surface area (Å²) in [5.74, 6) is -1.62. The molecule has 5 rings (SSSR count). The van der Waals surface area contributed by atoms with Gasteiger partial charge in [-0.05, 0) is 146 Å². The van der Waals surface area contributed by atoms with Crippen molar-refractivity contribution < 1.29 is 57.3 Å². The third kappa shape index (κ3) is 10.2. The van der Waals surface area contributed by atoms with Crippen molar-refractivity contribution in [3.63, 3.8) is 0 Å². The van der Waals surface area contributed by atoms with Crippen LogP contribution in [-0.4, -0.2) is 62.7 Å². The van der Waals surface area contributed by atoms with E-state index in [2.05, 4.69) is 13.0 Å². The number of nitrogens with two attached hydrogens (primary N) is 2. The van der Waals surface area contributed by atoms with Gasteiger partial charge in [-0.1, -0.05) is 13.0 Å². The van der Waals surface area contributed by atoms with Gasteiger partial charge in [0.1, 0.15) is 23.2 Å². The Kier molecular flexibility index (Phi) is 12.9. The number of hydrogen-bond acceptors (Lipinski definition) is 13. The maximum atomic E-state index is 13.8. The number of hydrogen-bond donors (Lipinski definition) is 5. The quantitative estimate of drug-likeness (QED) is 0.0434. The fourth-order valence-electron chi connectivity index (χ4n) is 8.84. The summed E-state index contributed by atoms with van der Waals surface area (Å²) in [6.07, 6.45) is 1.78. The molecular formula is C41H59N2O12P. The summed E-state index contributed by atoms with van der Waals surface area (Å²) >= 11 is 0. The third-order valence-electron chi connectivity index (χ3n) is 11.2. The number of esters is 2. The Morgan fingerprint density at radius 3 is 2.14 bits per heavy atom. The van der Waals surface area contributed by atoms with Gasteiger partial charge >= 0.3 is 19.8 Å². The Labute approximate surface area is 329 Å². The predicted molar refractivity (Wildman–Crippen MR) is 208 cm³/mol. The number of aliphatic hydroxyl groups excluding tert-OH is 2. The largest absolute Gasteiger partial charge is 0.531 e. The summed E-state index contributed by atoms with van der Waals surface area (Å²) < 4.78 is 42.6. The molecule has 15 heteroatoms. The van der Waals surface area contributed by atoms with E-state index >= 15 is 0 Å². The summed E-state index contributed by atoms with van der Waals surface area (Å²) in [6.45, 7) is 13.1. The second kappa shape index (κ2) is 16.7. The molecule has 14 nitrogen and oxygen atoms in total. The minimum Gasteiger partial charge on any atom is -0.505 e. The molecule has 56 heavy (non-hydrogen) atoms. The number of phenols is 1. The molecule has 7 unspecified atom stereocenters. The number of anilines is 1. The normalized spacial score (nSPS) is 24.6. The number of aliphatic hydroxyl groups is 2. The van der Waals surface area contributed by atoms with Crippen LogP contribution in [0.25, 0.3) is 0 Å². The standard InChI is InChI=1S/C41H59N2O12P/c1-39(2,3)54-56(50,55-40(4,5)6)53-24-9-11-25-23(22-24)8-10-27-26(25)20-21-41(7)28(27)12-17-33(41)52-35(47)19-15-31(45)30(44)14-18-34(46)51-32-16-13-29(42)37(48)36(32)38(43)49/h9,11,13,16,22,26-28,30-31,33,44-45,48H,8,10,12,14-15,17-21,42H2,1-7H3,(H2,43,49). The maximum absolute atomic E-state index is 13.8. The fraction of sp³-hybridized carbons (Fsp3) is 0.634. The molecule has 2 aromatic carbocycles. The highest BCUT2D eigenvalue weighted by Crippen LogP contribution is 2.62. The molecule has 0 heterocycles. The molecule has 2 saturated carbocycles. The maximum Gasteiger partial charge on any atom is 0.531 e. The number of ether oxygens (including phenoxy) is 2. The number of aryl methyl sites for hydroxylation is 1. The number of fused-ring (bicyclic) bond motifs is 5. The first-order valence-electron chi connectivity index (χ1n) is 19.5. The lowest BCUT2D eigenvalue weighted by atomic mass is 9.55. The Morgan fingerprint density at radius 1 is 0.911 bits per heavy atom. The molecule has 0 saturated heterocycles. The van der Waals surface area contributed by atoms with Gasteiger partial charge in [0.15, 0.2) is 5.75 Å². The average Bonchev–Trinajstić information content (AvgIpc) is 3.40. The van der Waals surface area contributed by atoms with Crippen LogP contribution in [0.2, 0.25) is 0 Å². The van der Waals surface area contributed by atoms with Gasteiger partial charge in [-0.3, -0.25) is 23.4 Å². The smallest absolute Gasteiger partial charge is 0.505 e. The zero-order chi connectivity index (χ0) is 41.4. The molecule has 0 bridgehead atoms. The van der Waals surface area contributed by atoms with Gasteiger partial charge in [-0.25, -0.2) is 4.57 Å². The number of amides is 1. The molecule has 7 N–H and O–H groups in total. The van der Waals surface area contributed by atoms with Crippen molar-refractivity contribution in [2.75, 3.05) is 5.73 Å². The van der Waals surface area contributed by atoms with Crippen molar-refractivity contribution in [2.45, 2.75) is 148 Å². The summed E-state index contributed by atoms with van der Waals surface area (Å²) in [7, 11) is -3.94. The molecule has 3 aliphatic rings. The van der Waals surface area contributed by atoms with E-state index in [4.69, 9.17) is 34.5 Å². The number of phosphoric ester groups is 1. The number of rotatable bonds is 14. The van der Waals surface area contributed by atoms with Gasteiger partial charge < -0.3 is 40.8 Å². The van der Waals surface area contributed by atoms with E-state index in [1.165, 1.54) is 23.3 Å². The molecule has 0 radical (unpaired) electrons. The minimum atomic E-state index is -3.94. The van der Waals surface area contributed by atoms with E-state index in [0.29, 0.717) is 23.5 Å². The third-order valence-corrected chi connectivity index (χ3v) is 13.2. The number of phosphoric acid groups is 1. The molecule has 2 fully saturated rings. The number of carbonyl (C=O) groups excluding carboxylic acids is 3. The first-order chi connectivity index (χ1) is 26.0. The molecule has 3 aliphatic carbocycles. The van der Waals surface area contributed by atoms with Crippen molar-refractivity contribution >= 4 is 31.4 Å². The number of benzene rings is 2. The van der Waals surface area contributed by atoms with Crippen LogP contribution in [0.1, 0.15) is 134 Å². The summed E-state index contributed by atoms with van der Waals surface area (Å²) in [5, 5.41) is 31.1. The van der Waals surface area contributed by atoms with Crippen molar-refractivity contribution in [1.29, 1.82) is 0 Å². The lowest BCUT2D eigenvalue weighted by Crippen LogP contribution is -2.45. The molecule has 7 atom stereocenters. The van der Waals surface area contributed by atoms with Gasteiger partial charge in [-0.2, -0.15) is 0 Å². The van der Waals surface area contributed by atoms with Gasteiger partial charge in [-0.15, -0.1) is 0 Å². The van der Waals surface area contributed by atoms with Crippen molar-refractivity contribution in [2.24, 2.45) is 23.0 Å². The van der Waals surface area contributed by atoms with Crippen LogP contribution in [0.15, 0.2) is 30.3 Å². The molecule has 0 spiro atoms. The lowest BCUT2D eigenvalue weighted by Gasteiger charge is -2.50. The number of aromatic hydroxyl groups is 1. The summed E-state index contributed by atoms with van der Waals surface area (Å²) in [5.41, 5.74) is 11.1. The van der Waals surface area contributed by atoms with E-state index < -0.39 is 60.4 Å². The SMILES string of the molecule is CC(C)(C)OP(=O)(Oc1ccc2c(c1)CCC1C2CCC2(C)C(OC(=O)CCC(O)C(O)CCC(=O)Oc3ccc(N)c(O)c3C(N)=O)CCC12)OC(C)(C)C. The van der Waals surface area contributed by atoms with E-state index in [1.54, 1.807) is 41.5 Å². The lowest BCUT2D eigenvalue weighted by molar-refractivity contribution is -0.158. The van der Waals surface area contributed by atoms with Crippen LogP contribution in [-0.2, 0) is 34.4 Å². The van der Waals surface area contributed by atoms with Crippen LogP contribution in [0.3, 0.4) is 0 Å². The minimum absolute atomic E-state index is 0.0626. The van der Waals surface area contributed by atoms with Gasteiger partial charge in [0.2, 0.25) is 0 Å². The van der Waals surface area contributed by atoms with Crippen LogP contribution < -0.4 is 20.7 Å². The van der Waals surface area contributed by atoms with Crippen molar-refractivity contribution in [1.82, 2.24) is 0 Å². The van der Waals surface area contributed by atoms with Crippen LogP contribution in [0.5, 0.6) is 17.2 Å². The second-order valence-electron chi connectivity index (χ2n) is 17.7.